The largest absolute Gasteiger partial charge is 0.488 e. The molecule has 38 heavy (non-hydrogen) atoms. The van der Waals surface area contributed by atoms with Crippen molar-refractivity contribution in [2.45, 2.75) is 51.4 Å². The van der Waals surface area contributed by atoms with E-state index in [2.05, 4.69) is 41.3 Å². The topological polar surface area (TPSA) is 84.0 Å². The molecule has 1 saturated carbocycles. The van der Waals surface area contributed by atoms with Gasteiger partial charge in [0.2, 0.25) is 0 Å². The van der Waals surface area contributed by atoms with Crippen LogP contribution in [0.1, 0.15) is 62.2 Å². The van der Waals surface area contributed by atoms with Crippen molar-refractivity contribution < 1.29 is 23.9 Å². The highest BCUT2D eigenvalue weighted by Gasteiger charge is 2.45. The second-order valence-electron chi connectivity index (χ2n) is 10.2. The molecule has 2 aliphatic heterocycles. The van der Waals surface area contributed by atoms with Crippen molar-refractivity contribution in [1.29, 1.82) is 0 Å². The van der Waals surface area contributed by atoms with Gasteiger partial charge in [0.1, 0.15) is 18.1 Å². The summed E-state index contributed by atoms with van der Waals surface area (Å²) >= 11 is 0. The first-order valence-electron chi connectivity index (χ1n) is 13.0. The molecule has 7 heteroatoms. The molecule has 3 aromatic carbocycles. The average Bonchev–Trinajstić information content (AvgIpc) is 3.18. The van der Waals surface area contributed by atoms with Gasteiger partial charge in [0.25, 0.3) is 11.8 Å². The van der Waals surface area contributed by atoms with E-state index in [1.54, 1.807) is 18.2 Å². The van der Waals surface area contributed by atoms with Gasteiger partial charge in [-0.05, 0) is 47.2 Å². The van der Waals surface area contributed by atoms with E-state index >= 15 is 0 Å². The molecule has 3 aliphatic rings. The fraction of sp³-hybridized carbons (Fsp3) is 0.290. The smallest absolute Gasteiger partial charge is 0.266 e. The van der Waals surface area contributed by atoms with Gasteiger partial charge in [-0.25, -0.2) is 0 Å². The Morgan fingerprint density at radius 1 is 0.789 bits per heavy atom. The molecule has 3 aromatic rings. The molecule has 192 valence electrons. The molecule has 1 aliphatic carbocycles. The van der Waals surface area contributed by atoms with Crippen LogP contribution in [0.5, 0.6) is 5.75 Å². The third-order valence-corrected chi connectivity index (χ3v) is 7.69. The normalized spacial score (nSPS) is 19.5. The van der Waals surface area contributed by atoms with Gasteiger partial charge in [-0.2, -0.15) is 0 Å². The Hall–Kier alpha value is -4.10. The van der Waals surface area contributed by atoms with E-state index in [0.29, 0.717) is 5.75 Å². The summed E-state index contributed by atoms with van der Waals surface area (Å²) in [6, 6.07) is 20.9. The van der Waals surface area contributed by atoms with Crippen molar-refractivity contribution >= 4 is 23.4 Å². The first-order chi connectivity index (χ1) is 18.5. The number of fused-ring (bicyclic) bond motifs is 2. The molecule has 2 heterocycles. The lowest BCUT2D eigenvalue weighted by Gasteiger charge is -2.28. The summed E-state index contributed by atoms with van der Waals surface area (Å²) in [5, 5.41) is 0. The zero-order valence-corrected chi connectivity index (χ0v) is 21.0. The van der Waals surface area contributed by atoms with Gasteiger partial charge < -0.3 is 4.74 Å². The van der Waals surface area contributed by atoms with E-state index in [-0.39, 0.29) is 48.6 Å². The van der Waals surface area contributed by atoms with E-state index in [4.69, 9.17) is 4.74 Å². The van der Waals surface area contributed by atoms with Crippen LogP contribution in [0.2, 0.25) is 0 Å². The summed E-state index contributed by atoms with van der Waals surface area (Å²) < 4.78 is 6.01. The van der Waals surface area contributed by atoms with Crippen LogP contribution in [0.3, 0.4) is 0 Å². The van der Waals surface area contributed by atoms with Gasteiger partial charge in [0, 0.05) is 26.1 Å². The molecule has 0 saturated heterocycles. The maximum atomic E-state index is 13.3. The van der Waals surface area contributed by atoms with Crippen LogP contribution < -0.4 is 4.74 Å². The van der Waals surface area contributed by atoms with Gasteiger partial charge in [0.15, 0.2) is 5.78 Å². The number of benzene rings is 3. The average molecular weight is 509 g/mol. The molecule has 6 rings (SSSR count). The molecular formula is C31H28N2O5. The van der Waals surface area contributed by atoms with Gasteiger partial charge in [-0.3, -0.25) is 29.0 Å². The number of imide groups is 1. The van der Waals surface area contributed by atoms with Crippen LogP contribution in [0.4, 0.5) is 0 Å². The van der Waals surface area contributed by atoms with E-state index in [0.717, 1.165) is 36.5 Å². The summed E-state index contributed by atoms with van der Waals surface area (Å²) in [5.41, 5.74) is 5.42. The second-order valence-corrected chi connectivity index (χ2v) is 10.2. The Labute approximate surface area is 221 Å². The zero-order valence-electron chi connectivity index (χ0n) is 21.0. The highest BCUT2D eigenvalue weighted by molar-refractivity contribution is 6.24. The van der Waals surface area contributed by atoms with Crippen molar-refractivity contribution in [2.75, 3.05) is 6.54 Å². The van der Waals surface area contributed by atoms with Gasteiger partial charge in [-0.1, -0.05) is 54.6 Å². The molecule has 0 aromatic heterocycles. The molecule has 0 N–H and O–H groups in total. The lowest BCUT2D eigenvalue weighted by Crippen LogP contribution is -2.47. The van der Waals surface area contributed by atoms with E-state index in [1.165, 1.54) is 16.7 Å². The van der Waals surface area contributed by atoms with Crippen molar-refractivity contribution in [2.24, 2.45) is 0 Å². The SMILES string of the molecule is O=C1CCC(N2C(=O)c3cccc(OCc4ccc(CN5CCc6ccccc6C5)cc4)c3C2=O)C(=O)C1. The second kappa shape index (κ2) is 9.99. The van der Waals surface area contributed by atoms with Crippen LogP contribution >= 0.6 is 0 Å². The number of carbonyl (C=O) groups excluding carboxylic acids is 4. The first kappa shape index (κ1) is 24.2. The van der Waals surface area contributed by atoms with Crippen LogP contribution in [-0.4, -0.2) is 45.8 Å². The van der Waals surface area contributed by atoms with Crippen LogP contribution in [0.15, 0.2) is 66.7 Å². The third-order valence-electron chi connectivity index (χ3n) is 7.69. The molecule has 7 nitrogen and oxygen atoms in total. The molecule has 0 bridgehead atoms. The number of hydrogen-bond donors (Lipinski definition) is 0. The summed E-state index contributed by atoms with van der Waals surface area (Å²) in [7, 11) is 0. The lowest BCUT2D eigenvalue weighted by atomic mass is 9.92. The Balaban J connectivity index is 1.11. The number of hydrogen-bond acceptors (Lipinski definition) is 6. The first-order valence-corrected chi connectivity index (χ1v) is 13.0. The summed E-state index contributed by atoms with van der Waals surface area (Å²) in [4.78, 5) is 53.8. The number of ether oxygens (including phenoxy) is 1. The van der Waals surface area contributed by atoms with Crippen LogP contribution in [-0.2, 0) is 35.7 Å². The van der Waals surface area contributed by atoms with Crippen molar-refractivity contribution in [3.63, 3.8) is 0 Å². The minimum atomic E-state index is -0.895. The Kier molecular flexibility index (Phi) is 6.37. The summed E-state index contributed by atoms with van der Waals surface area (Å²) in [6.07, 6.45) is 1.20. The van der Waals surface area contributed by atoms with Gasteiger partial charge in [0.05, 0.1) is 23.6 Å². The monoisotopic (exact) mass is 508 g/mol. The maximum absolute atomic E-state index is 13.3. The van der Waals surface area contributed by atoms with Crippen molar-refractivity contribution in [3.8, 4) is 5.75 Å². The standard InChI is InChI=1S/C31H28N2O5/c34-24-12-13-26(27(35)16-24)33-30(36)25-6-3-7-28(29(25)31(33)37)38-19-21-10-8-20(9-11-21)17-32-15-14-22-4-1-2-5-23(22)18-32/h1-11,26H,12-19H2. The Bertz CT molecular complexity index is 1440. The zero-order chi connectivity index (χ0) is 26.2. The number of ketones is 2. The lowest BCUT2D eigenvalue weighted by molar-refractivity contribution is -0.132. The van der Waals surface area contributed by atoms with E-state index in [9.17, 15) is 19.2 Å². The maximum Gasteiger partial charge on any atom is 0.266 e. The number of carbonyl (C=O) groups is 4. The number of Topliss-reactive ketones (excluding diaryl/α,β-unsaturated/α-hetero) is 2. The number of amides is 2. The van der Waals surface area contributed by atoms with Crippen molar-refractivity contribution in [3.05, 3.63) is 100 Å². The fourth-order valence-electron chi connectivity index (χ4n) is 5.66. The third kappa shape index (κ3) is 4.54. The number of rotatable bonds is 6. The summed E-state index contributed by atoms with van der Waals surface area (Å²) in [6.45, 7) is 3.10. The predicted molar refractivity (Wildman–Crippen MR) is 140 cm³/mol. The molecule has 0 spiro atoms. The van der Waals surface area contributed by atoms with Crippen LogP contribution in [0.25, 0.3) is 0 Å². The van der Waals surface area contributed by atoms with E-state index < -0.39 is 17.9 Å². The summed E-state index contributed by atoms with van der Waals surface area (Å²) in [5.74, 6) is -1.26. The predicted octanol–water partition coefficient (Wildman–Crippen LogP) is 4.11. The van der Waals surface area contributed by atoms with Gasteiger partial charge in [-0.15, -0.1) is 0 Å². The van der Waals surface area contributed by atoms with Gasteiger partial charge >= 0.3 is 0 Å². The molecular weight excluding hydrogens is 480 g/mol. The Morgan fingerprint density at radius 2 is 1.55 bits per heavy atom. The molecule has 2 amide bonds. The van der Waals surface area contributed by atoms with E-state index in [1.807, 2.05) is 12.1 Å². The minimum absolute atomic E-state index is 0.154. The minimum Gasteiger partial charge on any atom is -0.488 e. The molecule has 1 unspecified atom stereocenters. The quantitative estimate of drug-likeness (QED) is 0.368. The highest BCUT2D eigenvalue weighted by atomic mass is 16.5. The fourth-order valence-corrected chi connectivity index (χ4v) is 5.66. The van der Waals surface area contributed by atoms with Crippen LogP contribution in [0, 0.1) is 0 Å². The number of nitrogens with zero attached hydrogens (tertiary/aromatic N) is 2. The Morgan fingerprint density at radius 3 is 2.34 bits per heavy atom. The molecule has 1 atom stereocenters. The molecule has 1 fully saturated rings. The highest BCUT2D eigenvalue weighted by Crippen LogP contribution is 2.34. The van der Waals surface area contributed by atoms with Crippen molar-refractivity contribution in [1.82, 2.24) is 9.80 Å². The molecule has 0 radical (unpaired) electrons.